The highest BCUT2D eigenvalue weighted by molar-refractivity contribution is 5.76. The number of anilines is 1. The summed E-state index contributed by atoms with van der Waals surface area (Å²) in [5, 5.41) is 3.43. The molecule has 0 unspecified atom stereocenters. The third kappa shape index (κ3) is 5.42. The van der Waals surface area contributed by atoms with Crippen molar-refractivity contribution < 1.29 is 4.79 Å². The standard InChI is InChI=1S/C20H33N5O/c1-2-21-17-18-6-11-25(12-7-18)20(26)8-10-23-13-15-24(16-14-23)19-5-3-4-9-22-19/h3-5,9,18,21H,2,6-8,10-17H2,1H3. The molecule has 0 saturated carbocycles. The molecule has 26 heavy (non-hydrogen) atoms. The number of rotatable bonds is 7. The second kappa shape index (κ2) is 9.88. The molecule has 1 N–H and O–H groups in total. The van der Waals surface area contributed by atoms with E-state index in [1.165, 1.54) is 0 Å². The van der Waals surface area contributed by atoms with Gasteiger partial charge in [0.05, 0.1) is 0 Å². The van der Waals surface area contributed by atoms with Gasteiger partial charge >= 0.3 is 0 Å². The highest BCUT2D eigenvalue weighted by Crippen LogP contribution is 2.17. The van der Waals surface area contributed by atoms with Gasteiger partial charge in [0.25, 0.3) is 0 Å². The molecule has 0 atom stereocenters. The molecule has 2 aliphatic heterocycles. The van der Waals surface area contributed by atoms with Crippen LogP contribution in [-0.2, 0) is 4.79 Å². The molecule has 1 aromatic heterocycles. The number of hydrogen-bond acceptors (Lipinski definition) is 5. The second-order valence-electron chi connectivity index (χ2n) is 7.40. The predicted molar refractivity (Wildman–Crippen MR) is 105 cm³/mol. The molecule has 1 aromatic rings. The fourth-order valence-corrected chi connectivity index (χ4v) is 3.89. The average Bonchev–Trinajstić information content (AvgIpc) is 2.72. The van der Waals surface area contributed by atoms with Gasteiger partial charge in [0, 0.05) is 58.4 Å². The van der Waals surface area contributed by atoms with Crippen molar-refractivity contribution in [3.05, 3.63) is 24.4 Å². The number of pyridine rings is 1. The minimum Gasteiger partial charge on any atom is -0.354 e. The Morgan fingerprint density at radius 1 is 1.15 bits per heavy atom. The van der Waals surface area contributed by atoms with Crippen LogP contribution in [0.3, 0.4) is 0 Å². The minimum absolute atomic E-state index is 0.332. The highest BCUT2D eigenvalue weighted by Gasteiger charge is 2.23. The largest absolute Gasteiger partial charge is 0.354 e. The van der Waals surface area contributed by atoms with E-state index in [1.807, 2.05) is 18.3 Å². The van der Waals surface area contributed by atoms with Crippen molar-refractivity contribution in [1.82, 2.24) is 20.1 Å². The first-order valence-electron chi connectivity index (χ1n) is 10.1. The zero-order chi connectivity index (χ0) is 18.2. The summed E-state index contributed by atoms with van der Waals surface area (Å²) in [4.78, 5) is 23.8. The van der Waals surface area contributed by atoms with E-state index in [9.17, 15) is 4.79 Å². The number of carbonyl (C=O) groups is 1. The molecule has 2 fully saturated rings. The number of likely N-dealkylation sites (tertiary alicyclic amines) is 1. The first-order chi connectivity index (χ1) is 12.8. The van der Waals surface area contributed by atoms with Crippen LogP contribution in [0.2, 0.25) is 0 Å². The maximum Gasteiger partial charge on any atom is 0.223 e. The maximum absolute atomic E-state index is 12.5. The van der Waals surface area contributed by atoms with Crippen LogP contribution in [-0.4, -0.2) is 79.6 Å². The van der Waals surface area contributed by atoms with Gasteiger partial charge < -0.3 is 15.1 Å². The summed E-state index contributed by atoms with van der Waals surface area (Å²) < 4.78 is 0. The molecular weight excluding hydrogens is 326 g/mol. The molecular formula is C20H33N5O. The topological polar surface area (TPSA) is 51.7 Å². The fraction of sp³-hybridized carbons (Fsp3) is 0.700. The number of carbonyl (C=O) groups excluding carboxylic acids is 1. The van der Waals surface area contributed by atoms with Crippen LogP contribution in [0.4, 0.5) is 5.82 Å². The summed E-state index contributed by atoms with van der Waals surface area (Å²) in [6.45, 7) is 11.0. The van der Waals surface area contributed by atoms with Crippen LogP contribution in [0.25, 0.3) is 0 Å². The van der Waals surface area contributed by atoms with Gasteiger partial charge in [-0.3, -0.25) is 9.69 Å². The molecule has 6 heteroatoms. The Hall–Kier alpha value is -1.66. The van der Waals surface area contributed by atoms with E-state index in [1.54, 1.807) is 0 Å². The summed E-state index contributed by atoms with van der Waals surface area (Å²) in [7, 11) is 0. The average molecular weight is 360 g/mol. The fourth-order valence-electron chi connectivity index (χ4n) is 3.89. The van der Waals surface area contributed by atoms with Crippen molar-refractivity contribution in [2.75, 3.05) is 63.8 Å². The van der Waals surface area contributed by atoms with E-state index in [4.69, 9.17) is 0 Å². The van der Waals surface area contributed by atoms with Gasteiger partial charge in [-0.05, 0) is 44.0 Å². The molecule has 1 amide bonds. The summed E-state index contributed by atoms with van der Waals surface area (Å²) in [6, 6.07) is 6.06. The van der Waals surface area contributed by atoms with E-state index in [2.05, 4.69) is 38.0 Å². The van der Waals surface area contributed by atoms with Crippen LogP contribution >= 0.6 is 0 Å². The molecule has 3 heterocycles. The number of nitrogens with zero attached hydrogens (tertiary/aromatic N) is 4. The summed E-state index contributed by atoms with van der Waals surface area (Å²) in [5.41, 5.74) is 0. The Labute approximate surface area is 157 Å². The minimum atomic E-state index is 0.332. The Bertz CT molecular complexity index is 536. The number of piperazine rings is 1. The molecule has 0 bridgehead atoms. The molecule has 0 aliphatic carbocycles. The third-order valence-corrected chi connectivity index (χ3v) is 5.64. The van der Waals surface area contributed by atoms with Crippen LogP contribution in [0.5, 0.6) is 0 Å². The Balaban J connectivity index is 1.33. The number of aromatic nitrogens is 1. The van der Waals surface area contributed by atoms with Crippen molar-refractivity contribution in [3.8, 4) is 0 Å². The van der Waals surface area contributed by atoms with Gasteiger partial charge in [-0.25, -0.2) is 4.98 Å². The van der Waals surface area contributed by atoms with E-state index >= 15 is 0 Å². The number of hydrogen-bond donors (Lipinski definition) is 1. The Kier molecular flexibility index (Phi) is 7.26. The van der Waals surface area contributed by atoms with Crippen LogP contribution in [0, 0.1) is 5.92 Å². The van der Waals surface area contributed by atoms with Gasteiger partial charge in [0.2, 0.25) is 5.91 Å². The molecule has 0 aromatic carbocycles. The maximum atomic E-state index is 12.5. The first-order valence-corrected chi connectivity index (χ1v) is 10.1. The van der Waals surface area contributed by atoms with Crippen LogP contribution in [0.1, 0.15) is 26.2 Å². The van der Waals surface area contributed by atoms with Crippen molar-refractivity contribution >= 4 is 11.7 Å². The summed E-state index contributed by atoms with van der Waals surface area (Å²) >= 11 is 0. The van der Waals surface area contributed by atoms with E-state index in [0.29, 0.717) is 12.3 Å². The lowest BCUT2D eigenvalue weighted by Crippen LogP contribution is -2.48. The van der Waals surface area contributed by atoms with Gasteiger partial charge in [-0.2, -0.15) is 0 Å². The summed E-state index contributed by atoms with van der Waals surface area (Å²) in [5.74, 6) is 2.13. The van der Waals surface area contributed by atoms with Crippen LogP contribution < -0.4 is 10.2 Å². The van der Waals surface area contributed by atoms with Gasteiger partial charge in [-0.1, -0.05) is 13.0 Å². The van der Waals surface area contributed by atoms with Gasteiger partial charge in [0.15, 0.2) is 0 Å². The first kappa shape index (κ1) is 19.1. The van der Waals surface area contributed by atoms with Crippen molar-refractivity contribution in [1.29, 1.82) is 0 Å². The smallest absolute Gasteiger partial charge is 0.223 e. The van der Waals surface area contributed by atoms with Crippen LogP contribution in [0.15, 0.2) is 24.4 Å². The molecule has 2 aliphatic rings. The zero-order valence-electron chi connectivity index (χ0n) is 16.1. The molecule has 3 rings (SSSR count). The number of nitrogens with one attached hydrogen (secondary N) is 1. The normalized spacial score (nSPS) is 19.7. The molecule has 2 saturated heterocycles. The van der Waals surface area contributed by atoms with E-state index < -0.39 is 0 Å². The quantitative estimate of drug-likeness (QED) is 0.798. The monoisotopic (exact) mass is 359 g/mol. The predicted octanol–water partition coefficient (Wildman–Crippen LogP) is 1.44. The zero-order valence-corrected chi connectivity index (χ0v) is 16.1. The van der Waals surface area contributed by atoms with E-state index in [-0.39, 0.29) is 0 Å². The van der Waals surface area contributed by atoms with Gasteiger partial charge in [0.1, 0.15) is 5.82 Å². The third-order valence-electron chi connectivity index (χ3n) is 5.64. The Morgan fingerprint density at radius 3 is 2.58 bits per heavy atom. The molecule has 6 nitrogen and oxygen atoms in total. The lowest BCUT2D eigenvalue weighted by Gasteiger charge is -2.36. The lowest BCUT2D eigenvalue weighted by atomic mass is 9.96. The van der Waals surface area contributed by atoms with E-state index in [0.717, 1.165) is 83.5 Å². The second-order valence-corrected chi connectivity index (χ2v) is 7.40. The lowest BCUT2D eigenvalue weighted by molar-refractivity contribution is -0.132. The number of piperidine rings is 1. The SMILES string of the molecule is CCNCC1CCN(C(=O)CCN2CCN(c3ccccn3)CC2)CC1. The Morgan fingerprint density at radius 2 is 1.92 bits per heavy atom. The number of amides is 1. The highest BCUT2D eigenvalue weighted by atomic mass is 16.2. The molecule has 0 spiro atoms. The van der Waals surface area contributed by atoms with Crippen molar-refractivity contribution in [3.63, 3.8) is 0 Å². The van der Waals surface area contributed by atoms with Gasteiger partial charge in [-0.15, -0.1) is 0 Å². The van der Waals surface area contributed by atoms with Crippen molar-refractivity contribution in [2.24, 2.45) is 5.92 Å². The molecule has 0 radical (unpaired) electrons. The van der Waals surface area contributed by atoms with Crippen molar-refractivity contribution in [2.45, 2.75) is 26.2 Å². The molecule has 144 valence electrons. The summed E-state index contributed by atoms with van der Waals surface area (Å²) in [6.07, 6.45) is 4.78.